The first-order valence-corrected chi connectivity index (χ1v) is 8.45. The third-order valence-electron chi connectivity index (χ3n) is 4.22. The molecule has 0 aliphatic heterocycles. The molecule has 1 aromatic heterocycles. The molecule has 0 atom stereocenters. The lowest BCUT2D eigenvalue weighted by Gasteiger charge is -2.12. The van der Waals surface area contributed by atoms with Gasteiger partial charge in [-0.25, -0.2) is 15.0 Å². The molecule has 0 saturated heterocycles. The van der Waals surface area contributed by atoms with E-state index in [9.17, 15) is 0 Å². The highest BCUT2D eigenvalue weighted by Gasteiger charge is 2.14. The van der Waals surface area contributed by atoms with Gasteiger partial charge in [0, 0.05) is 11.1 Å². The molecule has 0 radical (unpaired) electrons. The zero-order valence-electron chi connectivity index (χ0n) is 13.5. The topological polar surface area (TPSA) is 38.7 Å². The number of allylic oxidation sites excluding steroid dienone is 8. The van der Waals surface area contributed by atoms with E-state index >= 15 is 0 Å². The molecule has 4 rings (SSSR count). The van der Waals surface area contributed by atoms with Gasteiger partial charge in [-0.15, -0.1) is 0 Å². The van der Waals surface area contributed by atoms with Crippen LogP contribution >= 0.6 is 0 Å². The van der Waals surface area contributed by atoms with Crippen LogP contribution < -0.4 is 0 Å². The predicted octanol–water partition coefficient (Wildman–Crippen LogP) is 5.01. The van der Waals surface area contributed by atoms with E-state index in [-0.39, 0.29) is 0 Å². The fraction of sp³-hybridized carbons (Fsp3) is 0.190. The fourth-order valence-electron chi connectivity index (χ4n) is 2.93. The Bertz CT molecular complexity index is 858. The minimum Gasteiger partial charge on any atom is -0.209 e. The molecule has 0 bridgehead atoms. The van der Waals surface area contributed by atoms with Crippen molar-refractivity contribution in [3.63, 3.8) is 0 Å². The molecular formula is C21H19N3. The maximum Gasteiger partial charge on any atom is 0.164 e. The summed E-state index contributed by atoms with van der Waals surface area (Å²) < 4.78 is 0. The van der Waals surface area contributed by atoms with Crippen LogP contribution in [0.25, 0.3) is 22.5 Å². The molecule has 0 saturated carbocycles. The fourth-order valence-corrected chi connectivity index (χ4v) is 2.93. The first-order valence-electron chi connectivity index (χ1n) is 8.45. The van der Waals surface area contributed by atoms with E-state index in [4.69, 9.17) is 15.0 Å². The minimum atomic E-state index is 0.742. The monoisotopic (exact) mass is 313 g/mol. The summed E-state index contributed by atoms with van der Waals surface area (Å²) in [7, 11) is 0. The van der Waals surface area contributed by atoms with E-state index in [0.717, 1.165) is 54.3 Å². The largest absolute Gasteiger partial charge is 0.209 e. The van der Waals surface area contributed by atoms with Crippen LogP contribution in [0.5, 0.6) is 0 Å². The lowest BCUT2D eigenvalue weighted by atomic mass is 10.0. The second-order valence-corrected chi connectivity index (χ2v) is 5.97. The number of rotatable bonds is 3. The van der Waals surface area contributed by atoms with E-state index < -0.39 is 0 Å². The Morgan fingerprint density at radius 2 is 1.58 bits per heavy atom. The Balaban J connectivity index is 1.84. The zero-order valence-corrected chi connectivity index (χ0v) is 13.5. The zero-order chi connectivity index (χ0) is 16.2. The summed E-state index contributed by atoms with van der Waals surface area (Å²) in [5.41, 5.74) is 3.29. The van der Waals surface area contributed by atoms with Gasteiger partial charge in [-0.1, -0.05) is 66.8 Å². The molecule has 0 fully saturated rings. The quantitative estimate of drug-likeness (QED) is 0.800. The predicted molar refractivity (Wildman–Crippen MR) is 98.0 cm³/mol. The standard InChI is InChI=1S/C21H19N3/c1-4-10-16(11-5-1)19-22-20(17-12-6-2-7-13-17)24-21(23-19)18-14-8-3-9-15-18/h1-2,4-6,8,10-12,14-15H,3,7,9,13H2. The van der Waals surface area contributed by atoms with Crippen LogP contribution in [0, 0.1) is 0 Å². The highest BCUT2D eigenvalue weighted by Crippen LogP contribution is 2.26. The van der Waals surface area contributed by atoms with Crippen molar-refractivity contribution in [2.24, 2.45) is 0 Å². The van der Waals surface area contributed by atoms with E-state index in [0.29, 0.717) is 0 Å². The van der Waals surface area contributed by atoms with Crippen LogP contribution in [0.1, 0.15) is 37.3 Å². The Labute approximate surface area is 142 Å². The van der Waals surface area contributed by atoms with Crippen LogP contribution in [0.4, 0.5) is 0 Å². The molecule has 0 amide bonds. The SMILES string of the molecule is C1=CCCC(c2nc(C3=CCCC=C3)nc(-c3ccccc3)n2)=C1. The molecule has 2 aromatic rings. The number of hydrogen-bond donors (Lipinski definition) is 0. The van der Waals surface area contributed by atoms with Gasteiger partial charge in [0.1, 0.15) is 0 Å². The molecule has 3 nitrogen and oxygen atoms in total. The summed E-state index contributed by atoms with van der Waals surface area (Å²) in [5.74, 6) is 2.30. The first-order chi connectivity index (χ1) is 11.9. The van der Waals surface area contributed by atoms with Gasteiger partial charge >= 0.3 is 0 Å². The lowest BCUT2D eigenvalue weighted by Crippen LogP contribution is -2.06. The molecule has 2 aliphatic carbocycles. The Hall–Kier alpha value is -2.81. The molecule has 0 spiro atoms. The van der Waals surface area contributed by atoms with Crippen molar-refractivity contribution in [2.45, 2.75) is 25.7 Å². The van der Waals surface area contributed by atoms with Crippen LogP contribution in [0.15, 0.2) is 66.8 Å². The number of benzene rings is 1. The van der Waals surface area contributed by atoms with Crippen LogP contribution in [-0.2, 0) is 0 Å². The van der Waals surface area contributed by atoms with Crippen molar-refractivity contribution in [2.75, 3.05) is 0 Å². The lowest BCUT2D eigenvalue weighted by molar-refractivity contribution is 0.952. The van der Waals surface area contributed by atoms with E-state index in [1.807, 2.05) is 30.3 Å². The second-order valence-electron chi connectivity index (χ2n) is 5.97. The first kappa shape index (κ1) is 14.8. The highest BCUT2D eigenvalue weighted by molar-refractivity contribution is 5.73. The van der Waals surface area contributed by atoms with Crippen LogP contribution in [-0.4, -0.2) is 15.0 Å². The second kappa shape index (κ2) is 6.75. The number of nitrogens with zero attached hydrogens (tertiary/aromatic N) is 3. The van der Waals surface area contributed by atoms with Crippen LogP contribution in [0.3, 0.4) is 0 Å². The van der Waals surface area contributed by atoms with Crippen molar-refractivity contribution in [1.82, 2.24) is 15.0 Å². The summed E-state index contributed by atoms with van der Waals surface area (Å²) in [6.45, 7) is 0. The normalized spacial score (nSPS) is 16.7. The summed E-state index contributed by atoms with van der Waals surface area (Å²) in [6, 6.07) is 10.1. The molecule has 3 heteroatoms. The Morgan fingerprint density at radius 3 is 2.33 bits per heavy atom. The molecule has 1 aromatic carbocycles. The average Bonchev–Trinajstić information content (AvgIpc) is 2.70. The van der Waals surface area contributed by atoms with Gasteiger partial charge < -0.3 is 0 Å². The molecule has 24 heavy (non-hydrogen) atoms. The summed E-state index contributed by atoms with van der Waals surface area (Å²) >= 11 is 0. The van der Waals surface area contributed by atoms with E-state index in [2.05, 4.69) is 36.5 Å². The third-order valence-corrected chi connectivity index (χ3v) is 4.22. The van der Waals surface area contributed by atoms with Gasteiger partial charge in [-0.05, 0) is 31.3 Å². The summed E-state index contributed by atoms with van der Waals surface area (Å²) in [4.78, 5) is 14.2. The highest BCUT2D eigenvalue weighted by atomic mass is 15.0. The Morgan fingerprint density at radius 1 is 0.750 bits per heavy atom. The van der Waals surface area contributed by atoms with Crippen molar-refractivity contribution < 1.29 is 0 Å². The van der Waals surface area contributed by atoms with Gasteiger partial charge in [0.15, 0.2) is 17.5 Å². The van der Waals surface area contributed by atoms with Crippen molar-refractivity contribution in [3.05, 3.63) is 78.4 Å². The van der Waals surface area contributed by atoms with Gasteiger partial charge in [0.2, 0.25) is 0 Å². The minimum absolute atomic E-state index is 0.742. The van der Waals surface area contributed by atoms with Crippen molar-refractivity contribution >= 4 is 11.1 Å². The molecule has 1 heterocycles. The number of aromatic nitrogens is 3. The van der Waals surface area contributed by atoms with Crippen LogP contribution in [0.2, 0.25) is 0 Å². The third kappa shape index (κ3) is 3.11. The maximum absolute atomic E-state index is 4.76. The molecule has 118 valence electrons. The van der Waals surface area contributed by atoms with Gasteiger partial charge in [0.25, 0.3) is 0 Å². The summed E-state index contributed by atoms with van der Waals surface area (Å²) in [5, 5.41) is 0. The van der Waals surface area contributed by atoms with E-state index in [1.165, 1.54) is 5.57 Å². The van der Waals surface area contributed by atoms with Gasteiger partial charge in [-0.2, -0.15) is 0 Å². The van der Waals surface area contributed by atoms with Gasteiger partial charge in [-0.3, -0.25) is 0 Å². The number of hydrogen-bond acceptors (Lipinski definition) is 3. The Kier molecular flexibility index (Phi) is 4.15. The van der Waals surface area contributed by atoms with Crippen molar-refractivity contribution in [3.8, 4) is 11.4 Å². The molecule has 0 unspecified atom stereocenters. The molecule has 0 N–H and O–H groups in total. The molecular weight excluding hydrogens is 294 g/mol. The van der Waals surface area contributed by atoms with Crippen molar-refractivity contribution in [1.29, 1.82) is 0 Å². The molecule has 2 aliphatic rings. The van der Waals surface area contributed by atoms with E-state index in [1.54, 1.807) is 0 Å². The maximum atomic E-state index is 4.76. The smallest absolute Gasteiger partial charge is 0.164 e. The summed E-state index contributed by atoms with van der Waals surface area (Å²) in [6.07, 6.45) is 17.0. The average molecular weight is 313 g/mol. The van der Waals surface area contributed by atoms with Gasteiger partial charge in [0.05, 0.1) is 0 Å².